The molecule has 4 aliphatic rings. The van der Waals surface area contributed by atoms with E-state index >= 15 is 0 Å². The van der Waals surface area contributed by atoms with Gasteiger partial charge in [0.2, 0.25) is 21.8 Å². The van der Waals surface area contributed by atoms with Gasteiger partial charge in [0.25, 0.3) is 5.91 Å². The first kappa shape index (κ1) is 30.8. The first-order valence-corrected chi connectivity index (χ1v) is 17.1. The van der Waals surface area contributed by atoms with Gasteiger partial charge in [-0.3, -0.25) is 19.1 Å². The molecule has 2 aromatic rings. The lowest BCUT2D eigenvalue weighted by Crippen LogP contribution is -2.54. The summed E-state index contributed by atoms with van der Waals surface area (Å²) in [5.41, 5.74) is 1.19. The van der Waals surface area contributed by atoms with Crippen LogP contribution in [-0.2, 0) is 29.2 Å². The van der Waals surface area contributed by atoms with Crippen LogP contribution in [0.15, 0.2) is 89.6 Å². The van der Waals surface area contributed by atoms with E-state index in [0.717, 1.165) is 30.4 Å². The van der Waals surface area contributed by atoms with Crippen molar-refractivity contribution in [1.82, 2.24) is 14.9 Å². The number of benzene rings is 2. The Morgan fingerprint density at radius 2 is 1.69 bits per heavy atom. The summed E-state index contributed by atoms with van der Waals surface area (Å²) in [6, 6.07) is 19.2. The number of allylic oxidation sites excluding steroid dienone is 1. The predicted molar refractivity (Wildman–Crippen MR) is 169 cm³/mol. The Balaban J connectivity index is 1.28. The molecule has 0 bridgehead atoms. The number of hydrogen-bond donors (Lipinski definition) is 2. The standard InChI is InChI=1S/C34H38N4O6S/c1-38-19-11-3-2-10-16-25-22-34(25,33(41)37-45(42,43)27-17-18-27)35-31(39)28-20-26(21-29(28)32(38)40)44-36-30(23-12-6-4-7-13-23)24-14-8-5-9-15-24/h4-10,12-16,21,25-28H,2-3,11,17-20,22H2,1H3,(H,35,39)(H,37,41)/b16-10-/t25-,26+,28-,34+/m0/s1. The largest absolute Gasteiger partial charge is 0.388 e. The van der Waals surface area contributed by atoms with E-state index in [1.807, 2.05) is 72.8 Å². The fourth-order valence-corrected chi connectivity index (χ4v) is 7.40. The van der Waals surface area contributed by atoms with Crippen LogP contribution in [0.25, 0.3) is 0 Å². The van der Waals surface area contributed by atoms with Crippen LogP contribution in [0, 0.1) is 11.8 Å². The van der Waals surface area contributed by atoms with Crippen molar-refractivity contribution in [1.29, 1.82) is 0 Å². The molecule has 3 aliphatic carbocycles. The smallest absolute Gasteiger partial charge is 0.259 e. The fraction of sp³-hybridized carbons (Fsp3) is 0.412. The van der Waals surface area contributed by atoms with E-state index in [2.05, 4.69) is 15.2 Å². The van der Waals surface area contributed by atoms with Crippen LogP contribution in [0.2, 0.25) is 0 Å². The topological polar surface area (TPSA) is 134 Å². The average molecular weight is 631 g/mol. The van der Waals surface area contributed by atoms with E-state index in [0.29, 0.717) is 25.1 Å². The van der Waals surface area contributed by atoms with E-state index in [-0.39, 0.29) is 30.2 Å². The highest BCUT2D eigenvalue weighted by Gasteiger charge is 2.61. The number of sulfonamides is 1. The maximum Gasteiger partial charge on any atom is 0.259 e. The molecule has 0 unspecified atom stereocenters. The van der Waals surface area contributed by atoms with Gasteiger partial charge in [0.15, 0.2) is 0 Å². The zero-order chi connectivity index (χ0) is 31.6. The second-order valence-electron chi connectivity index (χ2n) is 12.3. The third kappa shape index (κ3) is 6.73. The molecule has 6 rings (SSSR count). The number of hydrogen-bond acceptors (Lipinski definition) is 7. The Bertz CT molecular complexity index is 1610. The van der Waals surface area contributed by atoms with Crippen LogP contribution in [0.1, 0.15) is 56.1 Å². The van der Waals surface area contributed by atoms with Crippen LogP contribution < -0.4 is 10.0 Å². The number of carbonyl (C=O) groups excluding carboxylic acids is 3. The van der Waals surface area contributed by atoms with E-state index in [1.54, 1.807) is 18.0 Å². The molecule has 10 nitrogen and oxygen atoms in total. The van der Waals surface area contributed by atoms with Crippen molar-refractivity contribution in [2.75, 3.05) is 13.6 Å². The number of likely N-dealkylation sites (N-methyl/N-ethyl adjacent to an activating group) is 1. The lowest BCUT2D eigenvalue weighted by atomic mass is 9.97. The van der Waals surface area contributed by atoms with Crippen LogP contribution in [0.4, 0.5) is 0 Å². The molecule has 1 aliphatic heterocycles. The predicted octanol–water partition coefficient (Wildman–Crippen LogP) is 3.45. The Morgan fingerprint density at radius 1 is 1.02 bits per heavy atom. The molecule has 2 aromatic carbocycles. The number of rotatable bonds is 7. The van der Waals surface area contributed by atoms with Crippen molar-refractivity contribution in [3.8, 4) is 0 Å². The molecule has 0 aromatic heterocycles. The molecule has 0 saturated heterocycles. The van der Waals surface area contributed by atoms with E-state index < -0.39 is 44.6 Å². The third-order valence-corrected chi connectivity index (χ3v) is 10.8. The van der Waals surface area contributed by atoms with Crippen molar-refractivity contribution in [2.24, 2.45) is 17.0 Å². The number of carbonyl (C=O) groups is 3. The summed E-state index contributed by atoms with van der Waals surface area (Å²) in [5.74, 6) is -2.79. The molecular formula is C34H38N4O6S. The van der Waals surface area contributed by atoms with Gasteiger partial charge in [0.1, 0.15) is 17.4 Å². The Morgan fingerprint density at radius 3 is 2.33 bits per heavy atom. The van der Waals surface area contributed by atoms with Crippen molar-refractivity contribution in [3.63, 3.8) is 0 Å². The molecule has 45 heavy (non-hydrogen) atoms. The molecule has 0 radical (unpaired) electrons. The Labute approximate surface area is 263 Å². The van der Waals surface area contributed by atoms with E-state index in [9.17, 15) is 22.8 Å². The summed E-state index contributed by atoms with van der Waals surface area (Å²) in [6.45, 7) is 0.531. The number of nitrogens with zero attached hydrogens (tertiary/aromatic N) is 2. The van der Waals surface area contributed by atoms with Crippen LogP contribution in [-0.4, -0.2) is 67.2 Å². The highest BCUT2D eigenvalue weighted by Crippen LogP contribution is 2.46. The minimum atomic E-state index is -3.81. The zero-order valence-electron chi connectivity index (χ0n) is 25.2. The molecular weight excluding hydrogens is 592 g/mol. The number of fused-ring (bicyclic) bond motifs is 2. The van der Waals surface area contributed by atoms with Gasteiger partial charge in [0.05, 0.1) is 11.2 Å². The first-order chi connectivity index (χ1) is 21.7. The highest BCUT2D eigenvalue weighted by molar-refractivity contribution is 7.91. The molecule has 2 saturated carbocycles. The van der Waals surface area contributed by atoms with Gasteiger partial charge in [0, 0.05) is 42.6 Å². The monoisotopic (exact) mass is 630 g/mol. The van der Waals surface area contributed by atoms with Gasteiger partial charge in [-0.05, 0) is 44.6 Å². The van der Waals surface area contributed by atoms with Crippen molar-refractivity contribution >= 4 is 33.5 Å². The fourth-order valence-electron chi connectivity index (χ4n) is 6.03. The van der Waals surface area contributed by atoms with E-state index in [1.165, 1.54) is 0 Å². The van der Waals surface area contributed by atoms with Crippen molar-refractivity contribution < 1.29 is 27.6 Å². The summed E-state index contributed by atoms with van der Waals surface area (Å²) < 4.78 is 27.5. The summed E-state index contributed by atoms with van der Waals surface area (Å²) in [5, 5.41) is 6.82. The lowest BCUT2D eigenvalue weighted by molar-refractivity contribution is -0.133. The summed E-state index contributed by atoms with van der Waals surface area (Å²) in [7, 11) is -2.10. The molecule has 11 heteroatoms. The van der Waals surface area contributed by atoms with Gasteiger partial charge in [-0.25, -0.2) is 8.42 Å². The number of amides is 3. The van der Waals surface area contributed by atoms with Crippen molar-refractivity contribution in [2.45, 2.75) is 61.8 Å². The SMILES string of the molecule is CN1CCCC/C=C\[C@H]2C[C@@]2(C(=O)NS(=O)(=O)C2CC2)NC(=O)[C@H]2C[C@@H](ON=C(c3ccccc3)c3ccccc3)C=C2C1=O. The quantitative estimate of drug-likeness (QED) is 0.274. The third-order valence-electron chi connectivity index (χ3n) is 8.94. The molecule has 4 atom stereocenters. The lowest BCUT2D eigenvalue weighted by Gasteiger charge is -2.24. The van der Waals surface area contributed by atoms with Crippen LogP contribution in [0.3, 0.4) is 0 Å². The molecule has 2 N–H and O–H groups in total. The van der Waals surface area contributed by atoms with Gasteiger partial charge in [-0.2, -0.15) is 0 Å². The number of oxime groups is 1. The summed E-state index contributed by atoms with van der Waals surface area (Å²) in [4.78, 5) is 48.7. The molecule has 1 heterocycles. The zero-order valence-corrected chi connectivity index (χ0v) is 26.0. The first-order valence-electron chi connectivity index (χ1n) is 15.5. The van der Waals surface area contributed by atoms with Gasteiger partial charge >= 0.3 is 0 Å². The summed E-state index contributed by atoms with van der Waals surface area (Å²) in [6.07, 6.45) is 8.63. The molecule has 236 valence electrons. The number of nitrogens with one attached hydrogen (secondary N) is 2. The minimum Gasteiger partial charge on any atom is -0.388 e. The van der Waals surface area contributed by atoms with Gasteiger partial charge in [-0.1, -0.05) is 78.0 Å². The minimum absolute atomic E-state index is 0.139. The Kier molecular flexibility index (Phi) is 8.63. The second-order valence-corrected chi connectivity index (χ2v) is 14.3. The second kappa shape index (κ2) is 12.6. The van der Waals surface area contributed by atoms with Crippen molar-refractivity contribution in [3.05, 3.63) is 95.6 Å². The molecule has 3 amide bonds. The maximum atomic E-state index is 13.9. The van der Waals surface area contributed by atoms with Crippen LogP contribution >= 0.6 is 0 Å². The van der Waals surface area contributed by atoms with Gasteiger partial charge < -0.3 is 15.1 Å². The van der Waals surface area contributed by atoms with Gasteiger partial charge in [-0.15, -0.1) is 0 Å². The maximum absolute atomic E-state index is 13.9. The molecule has 0 spiro atoms. The molecule has 2 fully saturated rings. The highest BCUT2D eigenvalue weighted by atomic mass is 32.2. The normalized spacial score (nSPS) is 27.5. The van der Waals surface area contributed by atoms with E-state index in [4.69, 9.17) is 4.84 Å². The Hall–Kier alpha value is -4.25. The summed E-state index contributed by atoms with van der Waals surface area (Å²) >= 11 is 0. The van der Waals surface area contributed by atoms with Crippen LogP contribution in [0.5, 0.6) is 0 Å². The average Bonchev–Trinajstić information content (AvgIpc) is 3.96.